The summed E-state index contributed by atoms with van der Waals surface area (Å²) in [5.74, 6) is -1.81. The molecule has 0 aliphatic heterocycles. The number of rotatable bonds is 7. The van der Waals surface area contributed by atoms with E-state index in [1.54, 1.807) is 12.1 Å². The zero-order chi connectivity index (χ0) is 24.2. The Hall–Kier alpha value is -4.06. The minimum Gasteiger partial charge on any atom is -0.476 e. The fraction of sp³-hybridized carbons (Fsp3) is 0.273. The molecule has 11 nitrogen and oxygen atoms in total. The Labute approximate surface area is 198 Å². The van der Waals surface area contributed by atoms with Gasteiger partial charge in [-0.15, -0.1) is 0 Å². The molecule has 0 spiro atoms. The molecular formula is C22H22N6O5S. The maximum atomic E-state index is 13.0. The summed E-state index contributed by atoms with van der Waals surface area (Å²) in [7, 11) is 0. The molecule has 176 valence electrons. The van der Waals surface area contributed by atoms with E-state index in [9.17, 15) is 19.2 Å². The number of carboxylic acid groups (broad SMARTS) is 1. The number of imidazole rings is 1. The van der Waals surface area contributed by atoms with Crippen LogP contribution in [0.1, 0.15) is 61.8 Å². The molecule has 0 saturated heterocycles. The quantitative estimate of drug-likeness (QED) is 0.315. The highest BCUT2D eigenvalue weighted by molar-refractivity contribution is 7.17. The normalized spacial score (nSPS) is 13.4. The van der Waals surface area contributed by atoms with E-state index in [0.29, 0.717) is 11.3 Å². The van der Waals surface area contributed by atoms with E-state index in [2.05, 4.69) is 30.9 Å². The first-order valence-electron chi connectivity index (χ1n) is 10.6. The van der Waals surface area contributed by atoms with Crippen LogP contribution in [0.25, 0.3) is 0 Å². The highest BCUT2D eigenvalue weighted by atomic mass is 32.1. The second-order valence-electron chi connectivity index (χ2n) is 7.90. The van der Waals surface area contributed by atoms with Crippen LogP contribution in [0.3, 0.4) is 0 Å². The van der Waals surface area contributed by atoms with Gasteiger partial charge in [0, 0.05) is 17.7 Å². The van der Waals surface area contributed by atoms with Crippen molar-refractivity contribution in [3.8, 4) is 0 Å². The van der Waals surface area contributed by atoms with Gasteiger partial charge in [0.2, 0.25) is 5.95 Å². The molecule has 4 rings (SSSR count). The third-order valence-electron chi connectivity index (χ3n) is 5.39. The Balaban J connectivity index is 1.40. The van der Waals surface area contributed by atoms with Crippen LogP contribution in [-0.4, -0.2) is 43.7 Å². The lowest BCUT2D eigenvalue weighted by molar-refractivity contribution is 0.0690. The number of hydrogen-bond acceptors (Lipinski definition) is 7. The number of aromatic nitrogens is 3. The van der Waals surface area contributed by atoms with Crippen LogP contribution >= 0.6 is 11.3 Å². The second-order valence-corrected chi connectivity index (χ2v) is 8.93. The summed E-state index contributed by atoms with van der Waals surface area (Å²) in [4.78, 5) is 59.2. The molecule has 1 aliphatic carbocycles. The Morgan fingerprint density at radius 3 is 2.59 bits per heavy atom. The van der Waals surface area contributed by atoms with Crippen molar-refractivity contribution in [1.29, 1.82) is 0 Å². The van der Waals surface area contributed by atoms with E-state index < -0.39 is 17.9 Å². The van der Waals surface area contributed by atoms with Gasteiger partial charge in [-0.05, 0) is 31.9 Å². The topological polar surface area (TPSA) is 166 Å². The average Bonchev–Trinajstić information content (AvgIpc) is 3.56. The minimum atomic E-state index is -1.23. The molecule has 0 radical (unpaired) electrons. The van der Waals surface area contributed by atoms with E-state index in [-0.39, 0.29) is 33.4 Å². The Morgan fingerprint density at radius 1 is 1.12 bits per heavy atom. The number of aromatic amines is 1. The number of carbonyl (C=O) groups excluding carboxylic acids is 3. The monoisotopic (exact) mass is 482 g/mol. The molecule has 3 amide bonds. The van der Waals surface area contributed by atoms with Crippen molar-refractivity contribution in [3.05, 3.63) is 52.3 Å². The number of Topliss-reactive ketones (excluding diaryl/α,β-unsaturated/α-hetero) is 1. The molecule has 3 aromatic rings. The molecule has 0 atom stereocenters. The number of urea groups is 1. The summed E-state index contributed by atoms with van der Waals surface area (Å²) in [6, 6.07) is 4.71. The van der Waals surface area contributed by atoms with Crippen LogP contribution in [0.4, 0.5) is 21.6 Å². The number of nitrogens with one attached hydrogen (secondary N) is 4. The van der Waals surface area contributed by atoms with E-state index in [4.69, 9.17) is 5.11 Å². The molecule has 2 heterocycles. The molecule has 0 bridgehead atoms. The Kier molecular flexibility index (Phi) is 6.68. The van der Waals surface area contributed by atoms with Gasteiger partial charge in [-0.25, -0.2) is 19.6 Å². The Bertz CT molecular complexity index is 1260. The van der Waals surface area contributed by atoms with Crippen LogP contribution in [0.2, 0.25) is 0 Å². The number of benzene rings is 1. The van der Waals surface area contributed by atoms with Crippen molar-refractivity contribution in [2.45, 2.75) is 32.6 Å². The minimum absolute atomic E-state index is 0.0221. The number of nitrogens with zero attached hydrogens (tertiary/aromatic N) is 2. The highest BCUT2D eigenvalue weighted by Gasteiger charge is 2.26. The number of H-pyrrole nitrogens is 1. The first-order valence-corrected chi connectivity index (χ1v) is 11.4. The van der Waals surface area contributed by atoms with Crippen LogP contribution in [0, 0.1) is 12.8 Å². The third kappa shape index (κ3) is 5.29. The molecule has 1 saturated carbocycles. The molecule has 12 heteroatoms. The third-order valence-corrected chi connectivity index (χ3v) is 6.31. The van der Waals surface area contributed by atoms with Crippen molar-refractivity contribution < 1.29 is 24.3 Å². The number of aromatic carboxylic acids is 1. The maximum absolute atomic E-state index is 13.0. The SMILES string of the molecule is Cc1ccc(NC(=O)Nc2ncc(C(=O)Nc3nc(C(=O)O)c[nH]3)s2)c(C(=O)C2CCCC2)c1. The molecule has 5 N–H and O–H groups in total. The van der Waals surface area contributed by atoms with Crippen molar-refractivity contribution in [2.75, 3.05) is 16.0 Å². The fourth-order valence-electron chi connectivity index (χ4n) is 3.73. The van der Waals surface area contributed by atoms with Crippen LogP contribution in [0.5, 0.6) is 0 Å². The summed E-state index contributed by atoms with van der Waals surface area (Å²) >= 11 is 0.926. The summed E-state index contributed by atoms with van der Waals surface area (Å²) < 4.78 is 0. The predicted molar refractivity (Wildman–Crippen MR) is 126 cm³/mol. The molecule has 1 fully saturated rings. The van der Waals surface area contributed by atoms with Gasteiger partial charge in [0.15, 0.2) is 16.6 Å². The lowest BCUT2D eigenvalue weighted by atomic mass is 9.94. The highest BCUT2D eigenvalue weighted by Crippen LogP contribution is 2.31. The van der Waals surface area contributed by atoms with Crippen LogP contribution in [-0.2, 0) is 0 Å². The number of thiazole rings is 1. The average molecular weight is 483 g/mol. The summed E-state index contributed by atoms with van der Waals surface area (Å²) in [6.45, 7) is 1.89. The lowest BCUT2D eigenvalue weighted by Crippen LogP contribution is -2.22. The molecule has 0 unspecified atom stereocenters. The van der Waals surface area contributed by atoms with E-state index >= 15 is 0 Å². The number of amides is 3. The van der Waals surface area contributed by atoms with Gasteiger partial charge in [0.25, 0.3) is 5.91 Å². The van der Waals surface area contributed by atoms with Crippen LogP contribution in [0.15, 0.2) is 30.6 Å². The number of hydrogen-bond donors (Lipinski definition) is 5. The van der Waals surface area contributed by atoms with Gasteiger partial charge < -0.3 is 15.4 Å². The smallest absolute Gasteiger partial charge is 0.356 e. The maximum Gasteiger partial charge on any atom is 0.356 e. The molecule has 1 aliphatic rings. The second kappa shape index (κ2) is 9.83. The van der Waals surface area contributed by atoms with Crippen molar-refractivity contribution >= 4 is 51.8 Å². The van der Waals surface area contributed by atoms with Gasteiger partial charge in [-0.2, -0.15) is 0 Å². The molecular weight excluding hydrogens is 460 g/mol. The van der Waals surface area contributed by atoms with Crippen LogP contribution < -0.4 is 16.0 Å². The zero-order valence-corrected chi connectivity index (χ0v) is 19.0. The molecule has 34 heavy (non-hydrogen) atoms. The zero-order valence-electron chi connectivity index (χ0n) is 18.2. The largest absolute Gasteiger partial charge is 0.476 e. The van der Waals surface area contributed by atoms with Gasteiger partial charge in [-0.1, -0.05) is 35.8 Å². The predicted octanol–water partition coefficient (Wildman–Crippen LogP) is 4.14. The van der Waals surface area contributed by atoms with Gasteiger partial charge in [0.05, 0.1) is 11.9 Å². The van der Waals surface area contributed by atoms with Crippen molar-refractivity contribution in [1.82, 2.24) is 15.0 Å². The van der Waals surface area contributed by atoms with Gasteiger partial charge >= 0.3 is 12.0 Å². The standard InChI is InChI=1S/C22H22N6O5S/c1-11-6-7-14(13(8-11)17(29)12-4-2-3-5-12)26-21(33)28-22-24-10-16(34-22)18(30)27-20-23-9-15(25-20)19(31)32/h6-10,12H,2-5H2,1H3,(H,31,32)(H2,23,25,27,30)(H2,24,26,28,33). The van der Waals surface area contributed by atoms with Crippen molar-refractivity contribution in [2.24, 2.45) is 5.92 Å². The van der Waals surface area contributed by atoms with Gasteiger partial charge in [-0.3, -0.25) is 20.2 Å². The lowest BCUT2D eigenvalue weighted by Gasteiger charge is -2.14. The summed E-state index contributed by atoms with van der Waals surface area (Å²) in [5, 5.41) is 16.8. The number of carbonyl (C=O) groups is 4. The van der Waals surface area contributed by atoms with E-state index in [1.165, 1.54) is 6.20 Å². The van der Waals surface area contributed by atoms with Crippen molar-refractivity contribution in [3.63, 3.8) is 0 Å². The number of anilines is 3. The number of carboxylic acids is 1. The molecule has 2 aromatic heterocycles. The van der Waals surface area contributed by atoms with E-state index in [1.807, 2.05) is 13.0 Å². The first kappa shape index (κ1) is 23.1. The summed E-state index contributed by atoms with van der Waals surface area (Å²) in [5.41, 5.74) is 1.59. The molecule has 1 aromatic carbocycles. The van der Waals surface area contributed by atoms with E-state index in [0.717, 1.165) is 48.8 Å². The summed E-state index contributed by atoms with van der Waals surface area (Å²) in [6.07, 6.45) is 6.21. The Morgan fingerprint density at radius 2 is 1.88 bits per heavy atom. The first-order chi connectivity index (χ1) is 16.3. The number of ketones is 1. The van der Waals surface area contributed by atoms with Gasteiger partial charge in [0.1, 0.15) is 4.88 Å². The number of aryl methyl sites for hydroxylation is 1. The fourth-order valence-corrected chi connectivity index (χ4v) is 4.44.